The van der Waals surface area contributed by atoms with Crippen molar-refractivity contribution < 1.29 is 4.79 Å². The van der Waals surface area contributed by atoms with Gasteiger partial charge in [-0.2, -0.15) is 0 Å². The zero-order chi connectivity index (χ0) is 17.9. The molecule has 0 aliphatic heterocycles. The van der Waals surface area contributed by atoms with Gasteiger partial charge in [0.25, 0.3) is 5.91 Å². The van der Waals surface area contributed by atoms with Crippen LogP contribution in [0.25, 0.3) is 5.69 Å². The molecule has 0 radical (unpaired) electrons. The fourth-order valence-electron chi connectivity index (χ4n) is 3.95. The highest BCUT2D eigenvalue weighted by Crippen LogP contribution is 2.33. The van der Waals surface area contributed by atoms with E-state index in [0.717, 1.165) is 18.5 Å². The summed E-state index contributed by atoms with van der Waals surface area (Å²) in [6.45, 7) is 2.11. The number of para-hydroxylation sites is 1. The molecular formula is C22H23N3O. The molecule has 1 aliphatic rings. The predicted octanol–water partition coefficient (Wildman–Crippen LogP) is 4.11. The SMILES string of the molecule is C[C@@H](NC(=O)c1cncn1-c1ccccc1)C1CCCc2ccccc21. The van der Waals surface area contributed by atoms with Crippen molar-refractivity contribution in [1.29, 1.82) is 0 Å². The fraction of sp³-hybridized carbons (Fsp3) is 0.273. The molecule has 0 saturated heterocycles. The molecule has 4 nitrogen and oxygen atoms in total. The van der Waals surface area contributed by atoms with Crippen molar-refractivity contribution in [2.75, 3.05) is 0 Å². The van der Waals surface area contributed by atoms with Gasteiger partial charge in [0.15, 0.2) is 0 Å². The van der Waals surface area contributed by atoms with Gasteiger partial charge in [-0.15, -0.1) is 0 Å². The number of aryl methyl sites for hydroxylation is 1. The number of benzene rings is 2. The number of fused-ring (bicyclic) bond motifs is 1. The van der Waals surface area contributed by atoms with Crippen LogP contribution in [0.4, 0.5) is 0 Å². The minimum atomic E-state index is -0.0816. The summed E-state index contributed by atoms with van der Waals surface area (Å²) in [7, 11) is 0. The van der Waals surface area contributed by atoms with E-state index >= 15 is 0 Å². The van der Waals surface area contributed by atoms with Gasteiger partial charge in [0, 0.05) is 17.6 Å². The first-order chi connectivity index (χ1) is 12.7. The van der Waals surface area contributed by atoms with Crippen molar-refractivity contribution in [3.05, 3.63) is 83.9 Å². The lowest BCUT2D eigenvalue weighted by molar-refractivity contribution is 0.0926. The Kier molecular flexibility index (Phi) is 4.57. The minimum absolute atomic E-state index is 0.0723. The molecule has 1 heterocycles. The second-order valence-corrected chi connectivity index (χ2v) is 6.94. The lowest BCUT2D eigenvalue weighted by Crippen LogP contribution is -2.39. The predicted molar refractivity (Wildman–Crippen MR) is 103 cm³/mol. The number of carbonyl (C=O) groups excluding carboxylic acids is 1. The highest BCUT2D eigenvalue weighted by Gasteiger charge is 2.27. The first-order valence-electron chi connectivity index (χ1n) is 9.20. The van der Waals surface area contributed by atoms with Crippen LogP contribution in [-0.4, -0.2) is 21.5 Å². The van der Waals surface area contributed by atoms with Crippen molar-refractivity contribution in [2.45, 2.75) is 38.1 Å². The number of nitrogens with zero attached hydrogens (tertiary/aromatic N) is 2. The molecule has 1 aliphatic carbocycles. The molecule has 3 aromatic rings. The Hall–Kier alpha value is -2.88. The maximum absolute atomic E-state index is 12.9. The van der Waals surface area contributed by atoms with Gasteiger partial charge in [0.1, 0.15) is 5.69 Å². The Bertz CT molecular complexity index is 901. The van der Waals surface area contributed by atoms with Gasteiger partial charge in [-0.05, 0) is 49.4 Å². The number of hydrogen-bond acceptors (Lipinski definition) is 2. The summed E-state index contributed by atoms with van der Waals surface area (Å²) in [5.41, 5.74) is 4.29. The average Bonchev–Trinajstić information content (AvgIpc) is 3.18. The number of nitrogens with one attached hydrogen (secondary N) is 1. The third kappa shape index (κ3) is 3.15. The molecule has 1 unspecified atom stereocenters. The smallest absolute Gasteiger partial charge is 0.270 e. The first-order valence-corrected chi connectivity index (χ1v) is 9.20. The molecule has 0 saturated carbocycles. The maximum atomic E-state index is 12.9. The number of amides is 1. The Morgan fingerprint density at radius 2 is 1.92 bits per heavy atom. The van der Waals surface area contributed by atoms with E-state index in [1.54, 1.807) is 12.5 Å². The molecule has 1 aromatic heterocycles. The minimum Gasteiger partial charge on any atom is -0.348 e. The van der Waals surface area contributed by atoms with E-state index in [1.165, 1.54) is 17.5 Å². The van der Waals surface area contributed by atoms with Gasteiger partial charge in [0.2, 0.25) is 0 Å². The quantitative estimate of drug-likeness (QED) is 0.773. The van der Waals surface area contributed by atoms with Crippen LogP contribution in [0.2, 0.25) is 0 Å². The maximum Gasteiger partial charge on any atom is 0.270 e. The van der Waals surface area contributed by atoms with Crippen LogP contribution in [0.15, 0.2) is 67.1 Å². The van der Waals surface area contributed by atoms with Crippen LogP contribution in [0.1, 0.15) is 47.3 Å². The van der Waals surface area contributed by atoms with Crippen molar-refractivity contribution in [2.24, 2.45) is 0 Å². The molecule has 0 spiro atoms. The Balaban J connectivity index is 1.54. The molecule has 4 rings (SSSR count). The second kappa shape index (κ2) is 7.16. The summed E-state index contributed by atoms with van der Waals surface area (Å²) < 4.78 is 1.83. The highest BCUT2D eigenvalue weighted by atomic mass is 16.2. The van der Waals surface area contributed by atoms with Crippen LogP contribution in [0.5, 0.6) is 0 Å². The van der Waals surface area contributed by atoms with Gasteiger partial charge in [-0.1, -0.05) is 42.5 Å². The number of aromatic nitrogens is 2. The first kappa shape index (κ1) is 16.6. The van der Waals surface area contributed by atoms with Crippen molar-refractivity contribution in [1.82, 2.24) is 14.9 Å². The van der Waals surface area contributed by atoms with Crippen molar-refractivity contribution in [3.8, 4) is 5.69 Å². The van der Waals surface area contributed by atoms with Crippen LogP contribution in [0.3, 0.4) is 0 Å². The molecule has 1 amide bonds. The van der Waals surface area contributed by atoms with E-state index in [0.29, 0.717) is 11.6 Å². The number of imidazole rings is 1. The fourth-order valence-corrected chi connectivity index (χ4v) is 3.95. The van der Waals surface area contributed by atoms with Crippen molar-refractivity contribution >= 4 is 5.91 Å². The third-order valence-corrected chi connectivity index (χ3v) is 5.28. The Labute approximate surface area is 153 Å². The summed E-state index contributed by atoms with van der Waals surface area (Å²) >= 11 is 0. The van der Waals surface area contributed by atoms with Crippen LogP contribution < -0.4 is 5.32 Å². The van der Waals surface area contributed by atoms with E-state index in [-0.39, 0.29) is 11.9 Å². The van der Waals surface area contributed by atoms with Crippen LogP contribution in [-0.2, 0) is 6.42 Å². The molecule has 26 heavy (non-hydrogen) atoms. The van der Waals surface area contributed by atoms with E-state index in [1.807, 2.05) is 34.9 Å². The zero-order valence-electron chi connectivity index (χ0n) is 14.9. The van der Waals surface area contributed by atoms with Crippen LogP contribution in [0, 0.1) is 0 Å². The molecule has 132 valence electrons. The van der Waals surface area contributed by atoms with E-state index in [4.69, 9.17) is 0 Å². The van der Waals surface area contributed by atoms with Gasteiger partial charge in [-0.3, -0.25) is 9.36 Å². The standard InChI is InChI=1S/C22H23N3O/c1-16(19-13-7-9-17-8-5-6-12-20(17)19)24-22(26)21-14-23-15-25(21)18-10-3-2-4-11-18/h2-6,8,10-12,14-16,19H,7,9,13H2,1H3,(H,24,26)/t16-,19?/m1/s1. The molecule has 0 bridgehead atoms. The molecule has 2 aromatic carbocycles. The summed E-state index contributed by atoms with van der Waals surface area (Å²) in [6, 6.07) is 18.5. The van der Waals surface area contributed by atoms with Gasteiger partial charge in [-0.25, -0.2) is 4.98 Å². The van der Waals surface area contributed by atoms with Gasteiger partial charge < -0.3 is 5.32 Å². The zero-order valence-corrected chi connectivity index (χ0v) is 14.9. The lowest BCUT2D eigenvalue weighted by atomic mass is 9.79. The summed E-state index contributed by atoms with van der Waals surface area (Å²) in [5.74, 6) is 0.277. The summed E-state index contributed by atoms with van der Waals surface area (Å²) in [5, 5.41) is 3.20. The van der Waals surface area contributed by atoms with E-state index in [9.17, 15) is 4.79 Å². The normalized spacial score (nSPS) is 17.3. The van der Waals surface area contributed by atoms with E-state index in [2.05, 4.69) is 41.5 Å². The molecular weight excluding hydrogens is 322 g/mol. The third-order valence-electron chi connectivity index (χ3n) is 5.28. The largest absolute Gasteiger partial charge is 0.348 e. The summed E-state index contributed by atoms with van der Waals surface area (Å²) in [4.78, 5) is 17.1. The van der Waals surface area contributed by atoms with Crippen LogP contribution >= 0.6 is 0 Å². The summed E-state index contributed by atoms with van der Waals surface area (Å²) in [6.07, 6.45) is 6.73. The topological polar surface area (TPSA) is 46.9 Å². The number of rotatable bonds is 4. The lowest BCUT2D eigenvalue weighted by Gasteiger charge is -2.31. The Morgan fingerprint density at radius 3 is 2.77 bits per heavy atom. The van der Waals surface area contributed by atoms with E-state index < -0.39 is 0 Å². The van der Waals surface area contributed by atoms with Gasteiger partial charge in [0.05, 0.1) is 12.5 Å². The molecule has 4 heteroatoms. The monoisotopic (exact) mass is 345 g/mol. The highest BCUT2D eigenvalue weighted by molar-refractivity contribution is 5.93. The molecule has 2 atom stereocenters. The number of hydrogen-bond donors (Lipinski definition) is 1. The molecule has 0 fully saturated rings. The number of carbonyl (C=O) groups is 1. The average molecular weight is 345 g/mol. The molecule has 1 N–H and O–H groups in total. The van der Waals surface area contributed by atoms with Gasteiger partial charge >= 0.3 is 0 Å². The Morgan fingerprint density at radius 1 is 1.15 bits per heavy atom. The van der Waals surface area contributed by atoms with Crippen molar-refractivity contribution in [3.63, 3.8) is 0 Å². The second-order valence-electron chi connectivity index (χ2n) is 6.94.